The topological polar surface area (TPSA) is 61.2 Å². The summed E-state index contributed by atoms with van der Waals surface area (Å²) in [7, 11) is -2.90. The summed E-state index contributed by atoms with van der Waals surface area (Å²) < 4.78 is 34.4. The molecule has 4 rings (SSSR count). The molecule has 26 heavy (non-hydrogen) atoms. The molecular weight excluding hydrogens is 351 g/mol. The van der Waals surface area contributed by atoms with E-state index in [0.29, 0.717) is 28.3 Å². The second kappa shape index (κ2) is 5.91. The van der Waals surface area contributed by atoms with Crippen LogP contribution in [0.4, 0.5) is 10.1 Å². The van der Waals surface area contributed by atoms with Gasteiger partial charge in [0.25, 0.3) is 5.91 Å². The van der Waals surface area contributed by atoms with E-state index >= 15 is 0 Å². The molecule has 1 fully saturated rings. The molecule has 1 atom stereocenters. The number of halogens is 1. The van der Waals surface area contributed by atoms with Crippen molar-refractivity contribution in [3.05, 3.63) is 59.4 Å². The van der Waals surface area contributed by atoms with Crippen LogP contribution in [-0.2, 0) is 15.1 Å². The molecule has 136 valence electrons. The van der Waals surface area contributed by atoms with E-state index in [0.717, 1.165) is 25.7 Å². The van der Waals surface area contributed by atoms with E-state index in [-0.39, 0.29) is 17.1 Å². The Kier molecular flexibility index (Phi) is 3.91. The number of nitrogens with zero attached hydrogens (tertiary/aromatic N) is 1. The van der Waals surface area contributed by atoms with Gasteiger partial charge in [-0.15, -0.1) is 0 Å². The van der Waals surface area contributed by atoms with Gasteiger partial charge in [-0.25, -0.2) is 13.4 Å². The highest BCUT2D eigenvalue weighted by Crippen LogP contribution is 2.51. The zero-order valence-corrected chi connectivity index (χ0v) is 15.4. The first-order valence-corrected chi connectivity index (χ1v) is 10.7. The molecule has 1 aliphatic heterocycles. The summed E-state index contributed by atoms with van der Waals surface area (Å²) in [5, 5.41) is 0. The second-order valence-corrected chi connectivity index (χ2v) is 9.54. The predicted octanol–water partition coefficient (Wildman–Crippen LogP) is 4.33. The van der Waals surface area contributed by atoms with Gasteiger partial charge in [0.15, 0.2) is 0 Å². The van der Waals surface area contributed by atoms with Crippen LogP contribution < -0.4 is 4.90 Å². The lowest BCUT2D eigenvalue weighted by molar-refractivity contribution is 0.0984. The smallest absolute Gasteiger partial charge is 0.258 e. The first kappa shape index (κ1) is 17.2. The fraction of sp³-hybridized carbons (Fsp3) is 0.350. The maximum atomic E-state index is 14.6. The van der Waals surface area contributed by atoms with Crippen LogP contribution in [0.15, 0.2) is 47.4 Å². The van der Waals surface area contributed by atoms with Gasteiger partial charge < -0.3 is 4.90 Å². The number of hydrogen-bond donors (Lipinski definition) is 1. The highest BCUT2D eigenvalue weighted by molar-refractivity contribution is 7.91. The summed E-state index contributed by atoms with van der Waals surface area (Å²) in [5.41, 5.74) is 1.41. The molecule has 1 N–H and O–H groups in total. The summed E-state index contributed by atoms with van der Waals surface area (Å²) >= 11 is 0. The van der Waals surface area contributed by atoms with E-state index in [1.54, 1.807) is 35.2 Å². The molecule has 1 heterocycles. The number of hydrogen-bond acceptors (Lipinski definition) is 3. The van der Waals surface area contributed by atoms with Crippen LogP contribution in [0.25, 0.3) is 0 Å². The van der Waals surface area contributed by atoms with Crippen molar-refractivity contribution >= 4 is 21.3 Å². The van der Waals surface area contributed by atoms with Gasteiger partial charge in [0.2, 0.25) is 0 Å². The number of amides is 1. The largest absolute Gasteiger partial charge is 0.307 e. The Bertz CT molecular complexity index is 995. The average Bonchev–Trinajstić information content (AvgIpc) is 3.20. The number of anilines is 1. The third kappa shape index (κ3) is 2.63. The van der Waals surface area contributed by atoms with Gasteiger partial charge in [0.05, 0.1) is 15.4 Å². The van der Waals surface area contributed by atoms with Gasteiger partial charge in [-0.3, -0.25) is 4.79 Å². The Morgan fingerprint density at radius 2 is 1.88 bits per heavy atom. The molecule has 1 saturated carbocycles. The minimum Gasteiger partial charge on any atom is -0.307 e. The molecule has 2 aromatic carbocycles. The van der Waals surface area contributed by atoms with E-state index in [1.807, 2.05) is 0 Å². The van der Waals surface area contributed by atoms with Crippen molar-refractivity contribution in [3.8, 4) is 0 Å². The molecule has 0 bridgehead atoms. The maximum absolute atomic E-state index is 14.6. The van der Waals surface area contributed by atoms with Gasteiger partial charge in [-0.1, -0.05) is 25.0 Å². The van der Waals surface area contributed by atoms with Crippen molar-refractivity contribution < 1.29 is 13.4 Å². The van der Waals surface area contributed by atoms with Crippen LogP contribution in [0.1, 0.15) is 41.6 Å². The number of carbonyl (C=O) groups excluding carboxylic acids is 1. The lowest BCUT2D eigenvalue weighted by Gasteiger charge is -2.25. The van der Waals surface area contributed by atoms with Crippen molar-refractivity contribution in [2.45, 2.75) is 36.0 Å². The first-order valence-electron chi connectivity index (χ1n) is 8.77. The number of benzene rings is 2. The van der Waals surface area contributed by atoms with Gasteiger partial charge in [0, 0.05) is 34.2 Å². The average molecular weight is 372 g/mol. The fourth-order valence-electron chi connectivity index (χ4n) is 4.40. The molecular formula is C20H21FN2O2S. The molecule has 2 aromatic rings. The van der Waals surface area contributed by atoms with Crippen LogP contribution >= 0.6 is 0 Å². The summed E-state index contributed by atoms with van der Waals surface area (Å²) in [4.78, 5) is 15.2. The summed E-state index contributed by atoms with van der Waals surface area (Å²) in [6.07, 6.45) is 5.20. The number of nitrogens with one attached hydrogen (secondary N) is 1. The Balaban J connectivity index is 1.78. The maximum Gasteiger partial charge on any atom is 0.258 e. The Morgan fingerprint density at radius 1 is 1.19 bits per heavy atom. The normalized spacial score (nSPS) is 20.2. The van der Waals surface area contributed by atoms with Crippen LogP contribution in [-0.4, -0.2) is 22.9 Å². The van der Waals surface area contributed by atoms with Gasteiger partial charge >= 0.3 is 0 Å². The fourth-order valence-corrected chi connectivity index (χ4v) is 5.09. The SMILES string of the molecule is CS(=N)(=O)c1cccc(C(=O)N2CC3(CCCC3)c3c(F)cccc32)c1. The van der Waals surface area contributed by atoms with E-state index < -0.39 is 9.73 Å². The van der Waals surface area contributed by atoms with Gasteiger partial charge in [-0.2, -0.15) is 0 Å². The molecule has 1 spiro atoms. The zero-order chi connectivity index (χ0) is 18.5. The highest BCUT2D eigenvalue weighted by atomic mass is 32.2. The molecule has 1 aliphatic carbocycles. The van der Waals surface area contributed by atoms with Crippen LogP contribution in [0.3, 0.4) is 0 Å². The van der Waals surface area contributed by atoms with E-state index in [4.69, 9.17) is 4.78 Å². The molecule has 2 aliphatic rings. The predicted molar refractivity (Wildman–Crippen MR) is 99.7 cm³/mol. The van der Waals surface area contributed by atoms with Crippen LogP contribution in [0.5, 0.6) is 0 Å². The van der Waals surface area contributed by atoms with E-state index in [9.17, 15) is 13.4 Å². The monoisotopic (exact) mass is 372 g/mol. The lowest BCUT2D eigenvalue weighted by Crippen LogP contribution is -2.35. The summed E-state index contributed by atoms with van der Waals surface area (Å²) in [5.74, 6) is -0.470. The van der Waals surface area contributed by atoms with Crippen molar-refractivity contribution in [2.75, 3.05) is 17.7 Å². The molecule has 0 aromatic heterocycles. The molecule has 1 amide bonds. The first-order chi connectivity index (χ1) is 12.3. The Hall–Kier alpha value is -2.21. The summed E-state index contributed by atoms with van der Waals surface area (Å²) in [6.45, 7) is 0.481. The quantitative estimate of drug-likeness (QED) is 0.853. The molecule has 1 unspecified atom stereocenters. The Morgan fingerprint density at radius 3 is 2.58 bits per heavy atom. The van der Waals surface area contributed by atoms with Crippen molar-refractivity contribution in [1.29, 1.82) is 4.78 Å². The van der Waals surface area contributed by atoms with E-state index in [1.165, 1.54) is 18.4 Å². The third-order valence-electron chi connectivity index (χ3n) is 5.61. The van der Waals surface area contributed by atoms with Gasteiger partial charge in [-0.05, 0) is 43.2 Å². The highest BCUT2D eigenvalue weighted by Gasteiger charge is 2.48. The lowest BCUT2D eigenvalue weighted by atomic mass is 9.80. The number of fused-ring (bicyclic) bond motifs is 2. The molecule has 0 saturated heterocycles. The minimum atomic E-state index is -2.90. The van der Waals surface area contributed by atoms with Crippen LogP contribution in [0.2, 0.25) is 0 Å². The molecule has 0 radical (unpaired) electrons. The van der Waals surface area contributed by atoms with Gasteiger partial charge in [0.1, 0.15) is 5.82 Å². The van der Waals surface area contributed by atoms with Crippen molar-refractivity contribution in [2.24, 2.45) is 0 Å². The molecule has 6 heteroatoms. The second-order valence-electron chi connectivity index (χ2n) is 7.38. The van der Waals surface area contributed by atoms with Crippen LogP contribution in [0, 0.1) is 10.6 Å². The Labute approximate surface area is 153 Å². The number of rotatable bonds is 2. The number of carbonyl (C=O) groups is 1. The summed E-state index contributed by atoms with van der Waals surface area (Å²) in [6, 6.07) is 11.4. The minimum absolute atomic E-state index is 0.230. The van der Waals surface area contributed by atoms with Crippen molar-refractivity contribution in [1.82, 2.24) is 0 Å². The third-order valence-corrected chi connectivity index (χ3v) is 6.76. The van der Waals surface area contributed by atoms with Crippen molar-refractivity contribution in [3.63, 3.8) is 0 Å². The van der Waals surface area contributed by atoms with E-state index in [2.05, 4.69) is 0 Å². The zero-order valence-electron chi connectivity index (χ0n) is 14.6. The molecule has 4 nitrogen and oxygen atoms in total. The standard InChI is InChI=1S/C20H21FN2O2S/c1-26(22,25)15-7-4-6-14(12-15)19(24)23-13-20(10-2-3-11-20)18-16(21)8-5-9-17(18)23/h4-9,12,22H,2-3,10-11,13H2,1H3.